The van der Waals surface area contributed by atoms with E-state index in [1.54, 1.807) is 22.6 Å². The summed E-state index contributed by atoms with van der Waals surface area (Å²) in [5, 5.41) is 0. The highest BCUT2D eigenvalue weighted by Gasteiger charge is 1.99. The average Bonchev–Trinajstić information content (AvgIpc) is 2.24. The smallest absolute Gasteiger partial charge is 0.191 e. The van der Waals surface area contributed by atoms with E-state index < -0.39 is 23.8 Å². The monoisotopic (exact) mass is 356 g/mol. The lowest BCUT2D eigenvalue weighted by Gasteiger charge is -1.89. The van der Waals surface area contributed by atoms with Crippen molar-refractivity contribution in [3.05, 3.63) is 57.7 Å². The van der Waals surface area contributed by atoms with Gasteiger partial charge in [0.25, 0.3) is 0 Å². The van der Waals surface area contributed by atoms with Gasteiger partial charge in [-0.1, -0.05) is 6.07 Å². The highest BCUT2D eigenvalue weighted by atomic mass is 127. The molecule has 0 spiro atoms. The molecule has 90 valence electrons. The Bertz CT molecular complexity index is 490. The molecule has 0 atom stereocenters. The number of hydrogen-bond acceptors (Lipinski definition) is 2. The molecule has 2 heterocycles. The summed E-state index contributed by atoms with van der Waals surface area (Å²) in [6.07, 6.45) is 0. The summed E-state index contributed by atoms with van der Waals surface area (Å²) < 4.78 is 48.2. The van der Waals surface area contributed by atoms with Gasteiger partial charge in [-0.05, 0) is 46.9 Å². The van der Waals surface area contributed by atoms with Crippen molar-refractivity contribution in [2.24, 2.45) is 0 Å². The molecule has 2 aromatic heterocycles. The van der Waals surface area contributed by atoms with Gasteiger partial charge in [0.05, 0.1) is 3.57 Å². The molecular formula is C10H5F4IN2. The fourth-order valence-electron chi connectivity index (χ4n) is 0.779. The molecule has 7 heteroatoms. The van der Waals surface area contributed by atoms with Crippen LogP contribution in [0.1, 0.15) is 0 Å². The van der Waals surface area contributed by atoms with E-state index in [1.807, 2.05) is 0 Å². The van der Waals surface area contributed by atoms with Crippen LogP contribution in [-0.4, -0.2) is 9.97 Å². The number of halogens is 5. The standard InChI is InChI=1S/C5H2F2IN.C5H3F2N/c6-4-2-1-3(8)5(7)9-4;6-4-2-1-3-5(7)8-4/h1-2H;1-3H. The van der Waals surface area contributed by atoms with Gasteiger partial charge in [0.2, 0.25) is 23.8 Å². The number of pyridine rings is 2. The van der Waals surface area contributed by atoms with E-state index in [9.17, 15) is 17.6 Å². The average molecular weight is 356 g/mol. The Morgan fingerprint density at radius 3 is 1.65 bits per heavy atom. The van der Waals surface area contributed by atoms with E-state index >= 15 is 0 Å². The maximum absolute atomic E-state index is 12.2. The van der Waals surface area contributed by atoms with E-state index in [0.29, 0.717) is 3.57 Å². The van der Waals surface area contributed by atoms with Crippen molar-refractivity contribution in [3.8, 4) is 0 Å². The summed E-state index contributed by atoms with van der Waals surface area (Å²) in [6, 6.07) is 5.88. The van der Waals surface area contributed by atoms with Gasteiger partial charge in [0.1, 0.15) is 0 Å². The molecule has 2 rings (SSSR count). The van der Waals surface area contributed by atoms with Gasteiger partial charge in [-0.2, -0.15) is 27.5 Å². The summed E-state index contributed by atoms with van der Waals surface area (Å²) >= 11 is 1.74. The largest absolute Gasteiger partial charge is 0.228 e. The highest BCUT2D eigenvalue weighted by Crippen LogP contribution is 2.07. The Morgan fingerprint density at radius 2 is 1.29 bits per heavy atom. The third kappa shape index (κ3) is 5.07. The molecule has 0 bridgehead atoms. The second-order valence-electron chi connectivity index (χ2n) is 2.69. The lowest BCUT2D eigenvalue weighted by atomic mass is 10.5. The summed E-state index contributed by atoms with van der Waals surface area (Å²) in [5.41, 5.74) is 0. The fraction of sp³-hybridized carbons (Fsp3) is 0. The van der Waals surface area contributed by atoms with Crippen LogP contribution in [0.4, 0.5) is 17.6 Å². The predicted octanol–water partition coefficient (Wildman–Crippen LogP) is 3.32. The van der Waals surface area contributed by atoms with Crippen molar-refractivity contribution in [3.63, 3.8) is 0 Å². The van der Waals surface area contributed by atoms with Crippen LogP contribution < -0.4 is 0 Å². The number of nitrogens with zero attached hydrogens (tertiary/aromatic N) is 2. The second kappa shape index (κ2) is 6.48. The molecule has 0 unspecified atom stereocenters. The molecule has 2 aromatic rings. The van der Waals surface area contributed by atoms with Gasteiger partial charge in [-0.3, -0.25) is 0 Å². The Hall–Kier alpha value is -1.25. The topological polar surface area (TPSA) is 25.8 Å². The molecule has 0 fully saturated rings. The van der Waals surface area contributed by atoms with Crippen LogP contribution in [0.15, 0.2) is 30.3 Å². The summed E-state index contributed by atoms with van der Waals surface area (Å²) in [7, 11) is 0. The van der Waals surface area contributed by atoms with Crippen LogP contribution in [0, 0.1) is 27.4 Å². The van der Waals surface area contributed by atoms with E-state index in [0.717, 1.165) is 18.2 Å². The molecule has 0 radical (unpaired) electrons. The van der Waals surface area contributed by atoms with Crippen LogP contribution in [-0.2, 0) is 0 Å². The Morgan fingerprint density at radius 1 is 0.765 bits per heavy atom. The molecule has 0 aromatic carbocycles. The van der Waals surface area contributed by atoms with Crippen molar-refractivity contribution >= 4 is 22.6 Å². The SMILES string of the molecule is Fc1ccc(I)c(F)n1.Fc1cccc(F)n1. The van der Waals surface area contributed by atoms with E-state index in [1.165, 1.54) is 12.1 Å². The highest BCUT2D eigenvalue weighted by molar-refractivity contribution is 14.1. The third-order valence-electron chi connectivity index (χ3n) is 1.45. The molecule has 0 N–H and O–H groups in total. The zero-order chi connectivity index (χ0) is 12.8. The van der Waals surface area contributed by atoms with Crippen molar-refractivity contribution in [2.75, 3.05) is 0 Å². The first-order valence-electron chi connectivity index (χ1n) is 4.24. The molecule has 0 aliphatic carbocycles. The maximum Gasteiger partial charge on any atom is 0.228 e. The summed E-state index contributed by atoms with van der Waals surface area (Å²) in [6.45, 7) is 0. The van der Waals surface area contributed by atoms with Gasteiger partial charge >= 0.3 is 0 Å². The molecule has 0 saturated heterocycles. The lowest BCUT2D eigenvalue weighted by molar-refractivity contribution is 0.507. The van der Waals surface area contributed by atoms with Crippen LogP contribution >= 0.6 is 22.6 Å². The Labute approximate surface area is 108 Å². The van der Waals surface area contributed by atoms with E-state index in [4.69, 9.17) is 0 Å². The minimum atomic E-state index is -0.787. The Balaban J connectivity index is 0.000000171. The molecule has 0 amide bonds. The van der Waals surface area contributed by atoms with Gasteiger partial charge < -0.3 is 0 Å². The summed E-state index contributed by atoms with van der Waals surface area (Å²) in [5.74, 6) is -3.11. The van der Waals surface area contributed by atoms with Crippen molar-refractivity contribution < 1.29 is 17.6 Å². The van der Waals surface area contributed by atoms with Crippen LogP contribution in [0.5, 0.6) is 0 Å². The zero-order valence-electron chi connectivity index (χ0n) is 8.17. The number of rotatable bonds is 0. The lowest BCUT2D eigenvalue weighted by Crippen LogP contribution is -1.89. The van der Waals surface area contributed by atoms with Gasteiger partial charge in [-0.15, -0.1) is 0 Å². The van der Waals surface area contributed by atoms with E-state index in [-0.39, 0.29) is 0 Å². The first-order chi connectivity index (χ1) is 7.99. The Kier molecular flexibility index (Phi) is 5.26. The number of aromatic nitrogens is 2. The molecule has 0 saturated carbocycles. The molecule has 0 aliphatic rings. The quantitative estimate of drug-likeness (QED) is 0.411. The van der Waals surface area contributed by atoms with Crippen LogP contribution in [0.3, 0.4) is 0 Å². The molecule has 17 heavy (non-hydrogen) atoms. The zero-order valence-corrected chi connectivity index (χ0v) is 10.3. The van der Waals surface area contributed by atoms with Crippen LogP contribution in [0.2, 0.25) is 0 Å². The van der Waals surface area contributed by atoms with Crippen molar-refractivity contribution in [1.82, 2.24) is 9.97 Å². The minimum absolute atomic E-state index is 0.328. The molecular weight excluding hydrogens is 351 g/mol. The van der Waals surface area contributed by atoms with Crippen molar-refractivity contribution in [2.45, 2.75) is 0 Å². The number of hydrogen-bond donors (Lipinski definition) is 0. The van der Waals surface area contributed by atoms with Gasteiger partial charge in [-0.25, -0.2) is 0 Å². The first kappa shape index (κ1) is 13.8. The van der Waals surface area contributed by atoms with Gasteiger partial charge in [0.15, 0.2) is 0 Å². The molecule has 2 nitrogen and oxygen atoms in total. The summed E-state index contributed by atoms with van der Waals surface area (Å²) in [4.78, 5) is 5.77. The van der Waals surface area contributed by atoms with Gasteiger partial charge in [0, 0.05) is 0 Å². The second-order valence-corrected chi connectivity index (χ2v) is 3.85. The fourth-order valence-corrected chi connectivity index (χ4v) is 1.08. The van der Waals surface area contributed by atoms with E-state index in [2.05, 4.69) is 9.97 Å². The first-order valence-corrected chi connectivity index (χ1v) is 5.32. The minimum Gasteiger partial charge on any atom is -0.191 e. The molecule has 0 aliphatic heterocycles. The maximum atomic E-state index is 12.2. The third-order valence-corrected chi connectivity index (χ3v) is 2.26. The van der Waals surface area contributed by atoms with Crippen molar-refractivity contribution in [1.29, 1.82) is 0 Å². The normalized spacial score (nSPS) is 9.47. The van der Waals surface area contributed by atoms with Crippen LogP contribution in [0.25, 0.3) is 0 Å². The predicted molar refractivity (Wildman–Crippen MR) is 61.0 cm³/mol.